The Balaban J connectivity index is 1.39. The first-order valence-electron chi connectivity index (χ1n) is 9.57. The van der Waals surface area contributed by atoms with Crippen molar-refractivity contribution < 1.29 is 14.3 Å². The molecular formula is C23H20N2O3S. The monoisotopic (exact) mass is 404 g/mol. The van der Waals surface area contributed by atoms with E-state index in [1.807, 2.05) is 25.1 Å². The van der Waals surface area contributed by atoms with Gasteiger partial charge >= 0.3 is 0 Å². The molecule has 0 spiro atoms. The average Bonchev–Trinajstić information content (AvgIpc) is 3.37. The van der Waals surface area contributed by atoms with Crippen LogP contribution in [0.3, 0.4) is 0 Å². The smallest absolute Gasteiger partial charge is 0.231 e. The number of aromatic nitrogens is 1. The maximum atomic E-state index is 12.9. The summed E-state index contributed by atoms with van der Waals surface area (Å²) in [7, 11) is 0. The lowest BCUT2D eigenvalue weighted by Crippen LogP contribution is -2.34. The van der Waals surface area contributed by atoms with Crippen LogP contribution in [0, 0.1) is 6.92 Å². The number of allylic oxidation sites excluding steroid dienone is 1. The number of ketones is 1. The van der Waals surface area contributed by atoms with Crippen LogP contribution in [-0.2, 0) is 13.0 Å². The first-order chi connectivity index (χ1) is 14.2. The highest BCUT2D eigenvalue weighted by Gasteiger charge is 2.33. The van der Waals surface area contributed by atoms with Gasteiger partial charge in [-0.1, -0.05) is 12.1 Å². The minimum absolute atomic E-state index is 0.0922. The Morgan fingerprint density at radius 3 is 3.00 bits per heavy atom. The lowest BCUT2D eigenvalue weighted by atomic mass is 10.00. The average molecular weight is 404 g/mol. The molecule has 2 aliphatic heterocycles. The second-order valence-electron chi connectivity index (χ2n) is 7.25. The van der Waals surface area contributed by atoms with E-state index in [0.29, 0.717) is 23.8 Å². The van der Waals surface area contributed by atoms with E-state index >= 15 is 0 Å². The molecule has 0 radical (unpaired) electrons. The number of hydrogen-bond acceptors (Lipinski definition) is 6. The molecule has 0 atom stereocenters. The molecule has 29 heavy (non-hydrogen) atoms. The van der Waals surface area contributed by atoms with Crippen molar-refractivity contribution in [3.05, 3.63) is 81.0 Å². The molecule has 2 aromatic heterocycles. The Kier molecular flexibility index (Phi) is 4.66. The molecule has 1 aromatic carbocycles. The molecule has 0 aliphatic carbocycles. The number of thiophene rings is 1. The topological polar surface area (TPSA) is 51.7 Å². The Morgan fingerprint density at radius 1 is 1.28 bits per heavy atom. The first-order valence-corrected chi connectivity index (χ1v) is 10.5. The Bertz CT molecular complexity index is 1090. The number of Topliss-reactive ketones (excluding diaryl/α,β-unsaturated/α-hetero) is 1. The third kappa shape index (κ3) is 3.45. The lowest BCUT2D eigenvalue weighted by molar-refractivity contribution is 0.0956. The van der Waals surface area contributed by atoms with Crippen molar-refractivity contribution in [2.45, 2.75) is 19.9 Å². The quantitative estimate of drug-likeness (QED) is 0.601. The maximum absolute atomic E-state index is 12.9. The zero-order valence-electron chi connectivity index (χ0n) is 16.1. The van der Waals surface area contributed by atoms with Crippen LogP contribution in [0.15, 0.2) is 53.9 Å². The fourth-order valence-electron chi connectivity index (χ4n) is 3.78. The van der Waals surface area contributed by atoms with Gasteiger partial charge in [0.05, 0.1) is 5.56 Å². The molecule has 0 saturated carbocycles. The van der Waals surface area contributed by atoms with Crippen molar-refractivity contribution in [3.8, 4) is 11.5 Å². The summed E-state index contributed by atoms with van der Waals surface area (Å²) in [6.45, 7) is 4.19. The normalized spacial score (nSPS) is 17.0. The third-order valence-corrected chi connectivity index (χ3v) is 6.17. The molecule has 0 N–H and O–H groups in total. The summed E-state index contributed by atoms with van der Waals surface area (Å²) in [5.41, 5.74) is 3.37. The van der Waals surface area contributed by atoms with Gasteiger partial charge in [0.1, 0.15) is 18.2 Å². The molecule has 146 valence electrons. The van der Waals surface area contributed by atoms with Crippen LogP contribution in [0.2, 0.25) is 0 Å². The molecule has 3 aromatic rings. The summed E-state index contributed by atoms with van der Waals surface area (Å²) in [4.78, 5) is 20.7. The number of hydrogen-bond donors (Lipinski definition) is 0. The molecule has 5 nitrogen and oxygen atoms in total. The van der Waals surface area contributed by atoms with Gasteiger partial charge in [0.15, 0.2) is 5.76 Å². The fraction of sp³-hybridized carbons (Fsp3) is 0.217. The second kappa shape index (κ2) is 7.46. The number of carbonyl (C=O) groups excluding carboxylic acids is 1. The Labute approximate surface area is 173 Å². The van der Waals surface area contributed by atoms with E-state index in [0.717, 1.165) is 42.0 Å². The van der Waals surface area contributed by atoms with E-state index in [9.17, 15) is 4.79 Å². The van der Waals surface area contributed by atoms with Gasteiger partial charge in [0.25, 0.3) is 0 Å². The van der Waals surface area contributed by atoms with E-state index in [1.165, 1.54) is 4.88 Å². The molecule has 0 saturated heterocycles. The van der Waals surface area contributed by atoms with E-state index in [1.54, 1.807) is 29.8 Å². The van der Waals surface area contributed by atoms with E-state index in [-0.39, 0.29) is 5.78 Å². The SMILES string of the molecule is Cc1c2c(cc3c1O/C(=C\c1cccnc1)C3=O)CN(CCc1cccs1)CO2. The molecule has 6 heteroatoms. The van der Waals surface area contributed by atoms with Crippen LogP contribution in [0.1, 0.15) is 31.9 Å². The van der Waals surface area contributed by atoms with Gasteiger partial charge in [-0.05, 0) is 48.6 Å². The van der Waals surface area contributed by atoms with Gasteiger partial charge < -0.3 is 9.47 Å². The highest BCUT2D eigenvalue weighted by atomic mass is 32.1. The second-order valence-corrected chi connectivity index (χ2v) is 8.28. The van der Waals surface area contributed by atoms with Gasteiger partial charge in [-0.15, -0.1) is 11.3 Å². The van der Waals surface area contributed by atoms with Crippen molar-refractivity contribution in [1.29, 1.82) is 0 Å². The van der Waals surface area contributed by atoms with E-state index in [2.05, 4.69) is 27.4 Å². The van der Waals surface area contributed by atoms with E-state index < -0.39 is 0 Å². The third-order valence-electron chi connectivity index (χ3n) is 5.24. The van der Waals surface area contributed by atoms with Crippen molar-refractivity contribution in [2.75, 3.05) is 13.3 Å². The number of fused-ring (bicyclic) bond motifs is 2. The van der Waals surface area contributed by atoms with Gasteiger partial charge in [-0.2, -0.15) is 0 Å². The van der Waals surface area contributed by atoms with Gasteiger partial charge in [-0.25, -0.2) is 0 Å². The van der Waals surface area contributed by atoms with Crippen molar-refractivity contribution in [1.82, 2.24) is 9.88 Å². The van der Waals surface area contributed by atoms with Crippen LogP contribution >= 0.6 is 11.3 Å². The van der Waals surface area contributed by atoms with Gasteiger partial charge in [-0.3, -0.25) is 14.7 Å². The van der Waals surface area contributed by atoms with Crippen molar-refractivity contribution in [2.24, 2.45) is 0 Å². The molecule has 2 aliphatic rings. The molecule has 0 unspecified atom stereocenters. The summed E-state index contributed by atoms with van der Waals surface area (Å²) in [5, 5.41) is 2.10. The molecule has 0 fully saturated rings. The minimum atomic E-state index is -0.0922. The molecule has 4 heterocycles. The first kappa shape index (κ1) is 18.1. The number of nitrogens with zero attached hydrogens (tertiary/aromatic N) is 2. The molecule has 5 rings (SSSR count). The van der Waals surface area contributed by atoms with Crippen molar-refractivity contribution >= 4 is 23.2 Å². The van der Waals surface area contributed by atoms with Gasteiger partial charge in [0, 0.05) is 41.5 Å². The summed E-state index contributed by atoms with van der Waals surface area (Å²) >= 11 is 1.78. The van der Waals surface area contributed by atoms with E-state index in [4.69, 9.17) is 9.47 Å². The van der Waals surface area contributed by atoms with Crippen LogP contribution in [0.5, 0.6) is 11.5 Å². The number of benzene rings is 1. The highest BCUT2D eigenvalue weighted by molar-refractivity contribution is 7.09. The summed E-state index contributed by atoms with van der Waals surface area (Å²) in [5.74, 6) is 1.68. The zero-order valence-corrected chi connectivity index (χ0v) is 16.9. The Morgan fingerprint density at radius 2 is 2.21 bits per heavy atom. The van der Waals surface area contributed by atoms with Gasteiger partial charge in [0.2, 0.25) is 5.78 Å². The summed E-state index contributed by atoms with van der Waals surface area (Å²) < 4.78 is 12.0. The van der Waals surface area contributed by atoms with Crippen molar-refractivity contribution in [3.63, 3.8) is 0 Å². The Hall–Kier alpha value is -2.96. The molecule has 0 amide bonds. The van der Waals surface area contributed by atoms with Crippen LogP contribution < -0.4 is 9.47 Å². The lowest BCUT2D eigenvalue weighted by Gasteiger charge is -2.30. The summed E-state index contributed by atoms with van der Waals surface area (Å²) in [6.07, 6.45) is 6.15. The maximum Gasteiger partial charge on any atom is 0.231 e. The number of carbonyl (C=O) groups is 1. The minimum Gasteiger partial charge on any atom is -0.477 e. The highest BCUT2D eigenvalue weighted by Crippen LogP contribution is 2.43. The molecule has 0 bridgehead atoms. The van der Waals surface area contributed by atoms with Crippen LogP contribution in [-0.4, -0.2) is 28.9 Å². The largest absolute Gasteiger partial charge is 0.477 e. The number of pyridine rings is 1. The van der Waals surface area contributed by atoms with Crippen LogP contribution in [0.25, 0.3) is 6.08 Å². The standard InChI is InChI=1S/C23H20N2O3S/c1-15-22-17(13-25(14-27-22)8-6-18-5-3-9-29-18)11-19-21(26)20(28-23(15)19)10-16-4-2-7-24-12-16/h2-5,7,9-12H,6,8,13-14H2,1H3/b20-10-. The summed E-state index contributed by atoms with van der Waals surface area (Å²) in [6, 6.07) is 9.90. The van der Waals surface area contributed by atoms with Crippen LogP contribution in [0.4, 0.5) is 0 Å². The fourth-order valence-corrected chi connectivity index (χ4v) is 4.47. The number of ether oxygens (including phenoxy) is 2. The predicted molar refractivity (Wildman–Crippen MR) is 112 cm³/mol. The molecular weight excluding hydrogens is 384 g/mol. The zero-order chi connectivity index (χ0) is 19.8. The number of rotatable bonds is 4. The predicted octanol–water partition coefficient (Wildman–Crippen LogP) is 4.46.